The number of carbonyl (C=O) groups is 22. The summed E-state index contributed by atoms with van der Waals surface area (Å²) in [5.41, 5.74) is -2.18. The van der Waals surface area contributed by atoms with Crippen molar-refractivity contribution >= 4 is 141 Å². The van der Waals surface area contributed by atoms with E-state index in [0.29, 0.717) is 0 Å². The summed E-state index contributed by atoms with van der Waals surface area (Å²) in [7, 11) is 0. The molecule has 1 aromatic carbocycles. The smallest absolute Gasteiger partial charge is 0.303 e. The zero-order chi connectivity index (χ0) is 106. The molecule has 12 atom stereocenters. The van der Waals surface area contributed by atoms with Gasteiger partial charge in [0.2, 0.25) is 124 Å². The largest absolute Gasteiger partial charge is 0.481 e. The van der Waals surface area contributed by atoms with Gasteiger partial charge >= 0.3 is 5.97 Å². The second-order valence-electron chi connectivity index (χ2n) is 40.1. The number of aliphatic hydroxyl groups excluding tert-OH is 2. The van der Waals surface area contributed by atoms with Crippen LogP contribution in [0, 0.1) is 17.8 Å². The number of para-hydroxylation sites is 1. The van der Waals surface area contributed by atoms with E-state index in [1.807, 2.05) is 24.3 Å². The van der Waals surface area contributed by atoms with Crippen LogP contribution in [0.1, 0.15) is 243 Å². The molecule has 1 fully saturated rings. The third-order valence-corrected chi connectivity index (χ3v) is 23.1. The van der Waals surface area contributed by atoms with Crippen LogP contribution in [0.15, 0.2) is 30.5 Å². The number of aromatic amines is 1. The van der Waals surface area contributed by atoms with Gasteiger partial charge in [-0.1, -0.05) is 66.2 Å². The Morgan fingerprint density at radius 2 is 0.826 bits per heavy atom. The summed E-state index contributed by atoms with van der Waals surface area (Å²) in [6, 6.07) is -8.17. The van der Waals surface area contributed by atoms with Crippen LogP contribution in [0.2, 0.25) is 0 Å². The van der Waals surface area contributed by atoms with Crippen molar-refractivity contribution in [1.82, 2.24) is 106 Å². The average molecular weight is 1950 g/mol. The molecule has 2 aromatic rings. The summed E-state index contributed by atoms with van der Waals surface area (Å²) in [5.74, 6) is -21.9. The van der Waals surface area contributed by atoms with Crippen LogP contribution in [0.3, 0.4) is 0 Å². The van der Waals surface area contributed by atoms with Crippen LogP contribution in [-0.2, 0) is 112 Å². The molecule has 1 aliphatic rings. The van der Waals surface area contributed by atoms with Crippen LogP contribution in [0.5, 0.6) is 0 Å². The Kier molecular flexibility index (Phi) is 43.5. The topological polar surface area (TPSA) is 724 Å². The fourth-order valence-corrected chi connectivity index (χ4v) is 14.2. The van der Waals surface area contributed by atoms with Gasteiger partial charge in [-0.25, -0.2) is 0 Å². The molecule has 772 valence electrons. The number of fused-ring (bicyclic) bond motifs is 1. The third-order valence-electron chi connectivity index (χ3n) is 23.1. The van der Waals surface area contributed by atoms with Gasteiger partial charge in [0, 0.05) is 49.8 Å². The highest BCUT2D eigenvalue weighted by Crippen LogP contribution is 2.26. The fourth-order valence-electron chi connectivity index (χ4n) is 14.2. The van der Waals surface area contributed by atoms with Crippen LogP contribution >= 0.6 is 0 Å². The molecule has 26 N–H and O–H groups in total. The first kappa shape index (κ1) is 119. The summed E-state index contributed by atoms with van der Waals surface area (Å²) in [5, 5.41) is 76.7. The molecule has 3 rings (SSSR count). The molecule has 0 saturated carbocycles. The van der Waals surface area contributed by atoms with Crippen molar-refractivity contribution in [3.63, 3.8) is 0 Å². The molecule has 1 saturated heterocycles. The number of primary amides is 2. The number of carboxylic acid groups (broad SMARTS) is 1. The van der Waals surface area contributed by atoms with Crippen LogP contribution in [0.25, 0.3) is 10.9 Å². The number of hydrogen-bond donors (Lipinski definition) is 24. The minimum absolute atomic E-state index is 0.00326. The van der Waals surface area contributed by atoms with Gasteiger partial charge in [-0.3, -0.25) is 105 Å². The molecular formula is C91H148N22O25. The second-order valence-corrected chi connectivity index (χ2v) is 40.1. The zero-order valence-corrected chi connectivity index (χ0v) is 83.8. The molecule has 21 amide bonds. The number of carbonyl (C=O) groups excluding carboxylic acids is 21. The maximum Gasteiger partial charge on any atom is 0.303 e. The van der Waals surface area contributed by atoms with Crippen molar-refractivity contribution in [2.24, 2.45) is 29.2 Å². The molecule has 0 radical (unpaired) electrons. The van der Waals surface area contributed by atoms with E-state index in [-0.39, 0.29) is 44.6 Å². The highest BCUT2D eigenvalue weighted by molar-refractivity contribution is 6.05. The maximum atomic E-state index is 14.7. The van der Waals surface area contributed by atoms with Gasteiger partial charge in [0.1, 0.15) is 105 Å². The third kappa shape index (κ3) is 35.9. The number of nitrogens with one attached hydrogen (secondary N) is 19. The Morgan fingerprint density at radius 1 is 0.420 bits per heavy atom. The number of nitrogens with zero attached hydrogens (tertiary/aromatic N) is 1. The number of carboxylic acids is 1. The quantitative estimate of drug-likeness (QED) is 0.0299. The number of rotatable bonds is 54. The Hall–Kier alpha value is -13.0. The number of aliphatic hydroxyl groups is 2. The molecule has 1 aliphatic heterocycles. The standard InChI is InChI=1S/C91H148N22O25/c1-26-47(6)65(74(129)99-55(33-36-61(92)117)69(124)98-56(35-38-63(119)120)68(123)97-52(43-114)41-51-42-94-54-31-28-27-30-53(51)54)104-79(134)85(12,13)109-75(130)64(46(4)5)103-73(128)60-32-29-39-113(60)83(138)91(24,25)108-72(127)58(40-45(2)3)100-70(125)59(44-115)102-78(133)87(16,17)111-82(137)90(22,23)112-81(136)89(20,21)107-71(126)57(34-37-62(93)118)101-77(132)86(14,15)110-80(135)88(18,19)106-67(122)49(8)95-66(121)48(7)96-76(131)84(10,11)105-50(9)116/h27-28,30-31,42,45-49,52,55-60,64-65,94,114-115H,26,29,32-41,43-44H2,1-25H3,(H2,92,117)(H2,93,118)(H,95,121)(H,96,131)(H,97,123)(H,98,124)(H,99,129)(H,100,125)(H,101,132)(H,102,133)(H,103,128)(H,104,134)(H,105,116)(H,106,122)(H,107,126)(H,108,127)(H,109,130)(H,110,135)(H,111,137)(H,112,136)(H,119,120)/t47-,48-,49+,52-,55-,56-,57-,58+,59-,60-,64-,65-/m0/s1. The molecule has 0 bridgehead atoms. The lowest BCUT2D eigenvalue weighted by atomic mass is 9.94. The molecule has 47 heteroatoms. The van der Waals surface area contributed by atoms with Gasteiger partial charge in [0.05, 0.1) is 19.3 Å². The van der Waals surface area contributed by atoms with Gasteiger partial charge in [-0.05, 0) is 199 Å². The lowest BCUT2D eigenvalue weighted by molar-refractivity contribution is -0.146. The minimum atomic E-state index is -1.97. The molecule has 2 heterocycles. The van der Waals surface area contributed by atoms with Gasteiger partial charge in [-0.15, -0.1) is 0 Å². The normalized spacial score (nSPS) is 15.6. The van der Waals surface area contributed by atoms with E-state index in [1.54, 1.807) is 47.7 Å². The van der Waals surface area contributed by atoms with Gasteiger partial charge < -0.3 is 132 Å². The first-order valence-corrected chi connectivity index (χ1v) is 45.8. The fraction of sp³-hybridized carbons (Fsp3) is 0.670. The van der Waals surface area contributed by atoms with E-state index >= 15 is 0 Å². The van der Waals surface area contributed by atoms with Crippen molar-refractivity contribution in [3.05, 3.63) is 36.0 Å². The van der Waals surface area contributed by atoms with Gasteiger partial charge in [0.15, 0.2) is 0 Å². The Balaban J connectivity index is 1.71. The summed E-state index contributed by atoms with van der Waals surface area (Å²) in [6.07, 6.45) is -0.482. The van der Waals surface area contributed by atoms with Crippen LogP contribution in [0.4, 0.5) is 0 Å². The minimum Gasteiger partial charge on any atom is -0.481 e. The SMILES string of the molecule is CC[C@H](C)[C@H](NC(=O)C(C)(C)NC(=O)[C@@H](NC(=O)[C@@H]1CCCN1C(=O)C(C)(C)NC(=O)[C@@H](CC(C)C)NC(=O)[C@H](CO)NC(=O)C(C)(C)NC(=O)C(C)(C)NC(=O)C(C)(C)NC(=O)[C@H](CCC(N)=O)NC(=O)C(C)(C)NC(=O)C(C)(C)NC(=O)[C@@H](C)NC(=O)[C@H](C)NC(=O)C(C)(C)NC(C)=O)C(C)C)C(=O)N[C@@H](CCC(N)=O)C(=O)N[C@@H](CCC(=O)O)C(=O)N[C@H](CO)Cc1c[nH]c2ccccc12. The number of likely N-dealkylation sites (tertiary alicyclic amines) is 1. The predicted octanol–water partition coefficient (Wildman–Crippen LogP) is -4.10. The van der Waals surface area contributed by atoms with E-state index in [4.69, 9.17) is 11.5 Å². The number of aromatic nitrogens is 1. The van der Waals surface area contributed by atoms with Crippen molar-refractivity contribution in [2.75, 3.05) is 19.8 Å². The van der Waals surface area contributed by atoms with E-state index in [2.05, 4.69) is 101 Å². The summed E-state index contributed by atoms with van der Waals surface area (Å²) in [6.45, 7) is 32.7. The first-order chi connectivity index (χ1) is 63.3. The van der Waals surface area contributed by atoms with Crippen LogP contribution in [-0.4, -0.2) is 286 Å². The van der Waals surface area contributed by atoms with Crippen LogP contribution < -0.4 is 107 Å². The number of nitrogens with two attached hydrogens (primary N) is 2. The van der Waals surface area contributed by atoms with Crippen molar-refractivity contribution in [2.45, 2.75) is 354 Å². The molecule has 0 unspecified atom stereocenters. The lowest BCUT2D eigenvalue weighted by Gasteiger charge is -2.36. The van der Waals surface area contributed by atoms with E-state index in [9.17, 15) is 121 Å². The second kappa shape index (κ2) is 50.4. The highest BCUT2D eigenvalue weighted by atomic mass is 16.4. The Labute approximate surface area is 803 Å². The van der Waals surface area contributed by atoms with Gasteiger partial charge in [0.25, 0.3) is 0 Å². The molecule has 1 aromatic heterocycles. The Morgan fingerprint density at radius 3 is 1.31 bits per heavy atom. The first-order valence-electron chi connectivity index (χ1n) is 45.8. The summed E-state index contributed by atoms with van der Waals surface area (Å²) in [4.78, 5) is 304. The molecular weight excluding hydrogens is 1800 g/mol. The van der Waals surface area contributed by atoms with E-state index in [0.717, 1.165) is 16.5 Å². The van der Waals surface area contributed by atoms with Crippen molar-refractivity contribution in [3.8, 4) is 0 Å². The van der Waals surface area contributed by atoms with Crippen molar-refractivity contribution < 1.29 is 121 Å². The molecule has 138 heavy (non-hydrogen) atoms. The summed E-state index contributed by atoms with van der Waals surface area (Å²) < 4.78 is 0. The number of benzene rings is 1. The number of H-pyrrole nitrogens is 1. The van der Waals surface area contributed by atoms with E-state index < -0.39 is 304 Å². The number of amides is 21. The van der Waals surface area contributed by atoms with Crippen molar-refractivity contribution in [1.29, 1.82) is 0 Å². The van der Waals surface area contributed by atoms with Gasteiger partial charge in [-0.2, -0.15) is 0 Å². The zero-order valence-electron chi connectivity index (χ0n) is 83.8. The maximum absolute atomic E-state index is 14.7. The lowest BCUT2D eigenvalue weighted by Crippen LogP contribution is -2.68. The van der Waals surface area contributed by atoms with E-state index in [1.165, 1.54) is 136 Å². The monoisotopic (exact) mass is 1950 g/mol. The number of hydrogen-bond acceptors (Lipinski definition) is 24. The predicted molar refractivity (Wildman–Crippen MR) is 502 cm³/mol. The molecule has 0 aliphatic carbocycles. The highest BCUT2D eigenvalue weighted by Gasteiger charge is 2.48. The number of aliphatic carboxylic acids is 1. The molecule has 0 spiro atoms. The average Bonchev–Trinajstić information content (AvgIpc) is 1.09. The summed E-state index contributed by atoms with van der Waals surface area (Å²) >= 11 is 0. The molecule has 47 nitrogen and oxygen atoms in total. The Bertz CT molecular complexity index is 4820.